The van der Waals surface area contributed by atoms with Crippen LogP contribution in [0.1, 0.15) is 24.8 Å². The zero-order valence-electron chi connectivity index (χ0n) is 9.73. The van der Waals surface area contributed by atoms with Crippen LogP contribution in [-0.2, 0) is 11.3 Å². The first-order valence-electron chi connectivity index (χ1n) is 5.95. The Morgan fingerprint density at radius 3 is 3.06 bits per heavy atom. The lowest BCUT2D eigenvalue weighted by atomic mass is 10.1. The van der Waals surface area contributed by atoms with Gasteiger partial charge >= 0.3 is 0 Å². The Balaban J connectivity index is 1.77. The summed E-state index contributed by atoms with van der Waals surface area (Å²) in [6, 6.07) is 6.94. The molecule has 0 bridgehead atoms. The highest BCUT2D eigenvalue weighted by Crippen LogP contribution is 2.20. The van der Waals surface area contributed by atoms with Crippen LogP contribution in [0.15, 0.2) is 36.4 Å². The smallest absolute Gasteiger partial charge is 0.220 e. The molecule has 17 heavy (non-hydrogen) atoms. The summed E-state index contributed by atoms with van der Waals surface area (Å²) in [6.07, 6.45) is 6.99. The number of hydrogen-bond acceptors (Lipinski definition) is 2. The van der Waals surface area contributed by atoms with Crippen molar-refractivity contribution in [1.29, 1.82) is 0 Å². The fourth-order valence-electron chi connectivity index (χ4n) is 2.04. The topological polar surface area (TPSA) is 49.3 Å². The molecule has 1 aromatic rings. The molecular formula is C14H17NO2. The fourth-order valence-corrected chi connectivity index (χ4v) is 2.04. The van der Waals surface area contributed by atoms with Crippen LogP contribution in [0.2, 0.25) is 0 Å². The van der Waals surface area contributed by atoms with Crippen LogP contribution in [0.25, 0.3) is 0 Å². The Morgan fingerprint density at radius 1 is 1.47 bits per heavy atom. The van der Waals surface area contributed by atoms with E-state index in [1.54, 1.807) is 18.2 Å². The third kappa shape index (κ3) is 3.63. The maximum absolute atomic E-state index is 11.6. The van der Waals surface area contributed by atoms with Crippen LogP contribution in [0.5, 0.6) is 5.75 Å². The van der Waals surface area contributed by atoms with Crippen molar-refractivity contribution < 1.29 is 9.90 Å². The van der Waals surface area contributed by atoms with E-state index in [0.29, 0.717) is 18.9 Å². The standard InChI is InChI=1S/C14H17NO2/c16-13-7-3-6-12(8-13)10-15-14(17)9-11-4-1-2-5-11/h1,3-4,6-8,11,16H,2,5,9-10H2,(H,15,17). The number of amides is 1. The van der Waals surface area contributed by atoms with Gasteiger partial charge in [-0.25, -0.2) is 0 Å². The second-order valence-electron chi connectivity index (χ2n) is 4.42. The van der Waals surface area contributed by atoms with Gasteiger partial charge in [0.05, 0.1) is 0 Å². The number of nitrogens with one attached hydrogen (secondary N) is 1. The summed E-state index contributed by atoms with van der Waals surface area (Å²) in [5.41, 5.74) is 0.917. The van der Waals surface area contributed by atoms with E-state index in [0.717, 1.165) is 18.4 Å². The summed E-state index contributed by atoms with van der Waals surface area (Å²) in [5, 5.41) is 12.2. The zero-order valence-corrected chi connectivity index (χ0v) is 9.73. The number of rotatable bonds is 4. The molecule has 0 radical (unpaired) electrons. The monoisotopic (exact) mass is 231 g/mol. The molecule has 1 unspecified atom stereocenters. The van der Waals surface area contributed by atoms with E-state index in [1.165, 1.54) is 0 Å². The van der Waals surface area contributed by atoms with Crippen molar-refractivity contribution in [2.24, 2.45) is 5.92 Å². The average Bonchev–Trinajstić information content (AvgIpc) is 2.79. The molecule has 0 saturated carbocycles. The second kappa shape index (κ2) is 5.53. The van der Waals surface area contributed by atoms with Gasteiger partial charge in [-0.1, -0.05) is 24.3 Å². The molecule has 0 fully saturated rings. The lowest BCUT2D eigenvalue weighted by Crippen LogP contribution is -2.24. The quantitative estimate of drug-likeness (QED) is 0.781. The predicted molar refractivity (Wildman–Crippen MR) is 66.4 cm³/mol. The van der Waals surface area contributed by atoms with Crippen molar-refractivity contribution in [3.05, 3.63) is 42.0 Å². The van der Waals surface area contributed by atoms with Crippen molar-refractivity contribution in [1.82, 2.24) is 5.32 Å². The molecule has 3 heteroatoms. The van der Waals surface area contributed by atoms with Gasteiger partial charge in [-0.2, -0.15) is 0 Å². The molecule has 0 spiro atoms. The molecule has 0 heterocycles. The normalized spacial score (nSPS) is 18.2. The Hall–Kier alpha value is -1.77. The van der Waals surface area contributed by atoms with E-state index in [1.807, 2.05) is 6.07 Å². The van der Waals surface area contributed by atoms with Gasteiger partial charge in [0.15, 0.2) is 0 Å². The van der Waals surface area contributed by atoms with Crippen molar-refractivity contribution >= 4 is 5.91 Å². The number of hydrogen-bond donors (Lipinski definition) is 2. The molecule has 90 valence electrons. The first kappa shape index (κ1) is 11.7. The van der Waals surface area contributed by atoms with Gasteiger partial charge in [-0.15, -0.1) is 0 Å². The third-order valence-electron chi connectivity index (χ3n) is 2.96. The van der Waals surface area contributed by atoms with Crippen LogP contribution >= 0.6 is 0 Å². The maximum Gasteiger partial charge on any atom is 0.220 e. The minimum absolute atomic E-state index is 0.0740. The van der Waals surface area contributed by atoms with E-state index >= 15 is 0 Å². The van der Waals surface area contributed by atoms with Gasteiger partial charge in [0, 0.05) is 13.0 Å². The first-order chi connectivity index (χ1) is 8.24. The molecule has 0 saturated heterocycles. The van der Waals surface area contributed by atoms with Crippen molar-refractivity contribution in [3.8, 4) is 5.75 Å². The summed E-state index contributed by atoms with van der Waals surface area (Å²) >= 11 is 0. The summed E-state index contributed by atoms with van der Waals surface area (Å²) in [7, 11) is 0. The average molecular weight is 231 g/mol. The molecular weight excluding hydrogens is 214 g/mol. The number of phenolic OH excluding ortho intramolecular Hbond substituents is 1. The Morgan fingerprint density at radius 2 is 2.35 bits per heavy atom. The van der Waals surface area contributed by atoms with Crippen LogP contribution in [0.4, 0.5) is 0 Å². The number of allylic oxidation sites excluding steroid dienone is 2. The van der Waals surface area contributed by atoms with Crippen LogP contribution in [0.3, 0.4) is 0 Å². The summed E-state index contributed by atoms with van der Waals surface area (Å²) in [6.45, 7) is 0.476. The Labute approximate surface area is 101 Å². The molecule has 3 nitrogen and oxygen atoms in total. The van der Waals surface area contributed by atoms with Gasteiger partial charge in [0.25, 0.3) is 0 Å². The first-order valence-corrected chi connectivity index (χ1v) is 5.95. The lowest BCUT2D eigenvalue weighted by Gasteiger charge is -2.08. The molecule has 1 aliphatic rings. The summed E-state index contributed by atoms with van der Waals surface area (Å²) in [5.74, 6) is 0.708. The van der Waals surface area contributed by atoms with Gasteiger partial charge < -0.3 is 10.4 Å². The molecule has 1 amide bonds. The van der Waals surface area contributed by atoms with Gasteiger partial charge in [-0.3, -0.25) is 4.79 Å². The number of aromatic hydroxyl groups is 1. The highest BCUT2D eigenvalue weighted by Gasteiger charge is 2.13. The zero-order chi connectivity index (χ0) is 12.1. The van der Waals surface area contributed by atoms with E-state index in [4.69, 9.17) is 0 Å². The molecule has 2 N–H and O–H groups in total. The van der Waals surface area contributed by atoms with Crippen molar-refractivity contribution in [2.75, 3.05) is 0 Å². The lowest BCUT2D eigenvalue weighted by molar-refractivity contribution is -0.121. The number of phenols is 1. The van der Waals surface area contributed by atoms with Gasteiger partial charge in [0.2, 0.25) is 5.91 Å². The van der Waals surface area contributed by atoms with Crippen molar-refractivity contribution in [3.63, 3.8) is 0 Å². The highest BCUT2D eigenvalue weighted by molar-refractivity contribution is 5.76. The maximum atomic E-state index is 11.6. The van der Waals surface area contributed by atoms with Crippen LogP contribution in [0, 0.1) is 5.92 Å². The largest absolute Gasteiger partial charge is 0.508 e. The molecule has 1 aromatic carbocycles. The fraction of sp³-hybridized carbons (Fsp3) is 0.357. The number of carbonyl (C=O) groups excluding carboxylic acids is 1. The number of benzene rings is 1. The highest BCUT2D eigenvalue weighted by atomic mass is 16.3. The predicted octanol–water partition coefficient (Wildman–Crippen LogP) is 2.36. The second-order valence-corrected chi connectivity index (χ2v) is 4.42. The van der Waals surface area contributed by atoms with E-state index < -0.39 is 0 Å². The molecule has 1 atom stereocenters. The Kier molecular flexibility index (Phi) is 3.81. The number of carbonyl (C=O) groups is 1. The van der Waals surface area contributed by atoms with Gasteiger partial charge in [0.1, 0.15) is 5.75 Å². The van der Waals surface area contributed by atoms with Crippen LogP contribution in [-0.4, -0.2) is 11.0 Å². The van der Waals surface area contributed by atoms with Gasteiger partial charge in [-0.05, 0) is 36.5 Å². The van der Waals surface area contributed by atoms with E-state index in [9.17, 15) is 9.90 Å². The van der Waals surface area contributed by atoms with Crippen LogP contribution < -0.4 is 5.32 Å². The third-order valence-corrected chi connectivity index (χ3v) is 2.96. The molecule has 2 rings (SSSR count). The molecule has 0 aliphatic heterocycles. The minimum atomic E-state index is 0.0740. The van der Waals surface area contributed by atoms with E-state index in [2.05, 4.69) is 17.5 Å². The summed E-state index contributed by atoms with van der Waals surface area (Å²) in [4.78, 5) is 11.6. The molecule has 0 aromatic heterocycles. The van der Waals surface area contributed by atoms with E-state index in [-0.39, 0.29) is 11.7 Å². The summed E-state index contributed by atoms with van der Waals surface area (Å²) < 4.78 is 0. The minimum Gasteiger partial charge on any atom is -0.508 e. The SMILES string of the molecule is O=C(CC1C=CCC1)NCc1cccc(O)c1. The Bertz CT molecular complexity index is 426. The molecule has 1 aliphatic carbocycles. The van der Waals surface area contributed by atoms with Crippen molar-refractivity contribution in [2.45, 2.75) is 25.8 Å².